The molecule has 114 valence electrons. The third-order valence-electron chi connectivity index (χ3n) is 3.27. The number of thioether (sulfide) groups is 1. The topological polar surface area (TPSA) is 94.0 Å². The Hall–Kier alpha value is -1.83. The van der Waals surface area contributed by atoms with Crippen molar-refractivity contribution >= 4 is 17.7 Å². The molecule has 0 saturated carbocycles. The molecule has 0 spiro atoms. The molecule has 1 N–H and O–H groups in total. The van der Waals surface area contributed by atoms with Gasteiger partial charge in [0.25, 0.3) is 0 Å². The van der Waals surface area contributed by atoms with E-state index in [2.05, 4.69) is 15.4 Å². The van der Waals surface area contributed by atoms with Crippen LogP contribution in [0, 0.1) is 13.8 Å². The molecule has 0 aliphatic carbocycles. The molecule has 21 heavy (non-hydrogen) atoms. The van der Waals surface area contributed by atoms with E-state index in [0.717, 1.165) is 22.8 Å². The number of aromatic nitrogens is 4. The van der Waals surface area contributed by atoms with Crippen molar-refractivity contribution in [1.29, 1.82) is 0 Å². The average molecular weight is 310 g/mol. The quantitative estimate of drug-likeness (QED) is 0.817. The molecule has 7 nitrogen and oxygen atoms in total. The number of carbonyl (C=O) groups is 1. The molecule has 8 heteroatoms. The highest BCUT2D eigenvalue weighted by Gasteiger charge is 2.24. The van der Waals surface area contributed by atoms with Gasteiger partial charge < -0.3 is 9.63 Å². The predicted octanol–water partition coefficient (Wildman–Crippen LogP) is 2.23. The fourth-order valence-corrected chi connectivity index (χ4v) is 3.13. The van der Waals surface area contributed by atoms with E-state index < -0.39 is 5.97 Å². The Labute approximate surface area is 126 Å². The zero-order valence-electron chi connectivity index (χ0n) is 12.5. The lowest BCUT2D eigenvalue weighted by molar-refractivity contribution is -0.133. The summed E-state index contributed by atoms with van der Waals surface area (Å²) in [4.78, 5) is 10.8. The predicted molar refractivity (Wildman–Crippen MR) is 77.5 cm³/mol. The highest BCUT2D eigenvalue weighted by Crippen LogP contribution is 2.30. The first kappa shape index (κ1) is 15.6. The van der Waals surface area contributed by atoms with E-state index in [4.69, 9.17) is 9.63 Å². The van der Waals surface area contributed by atoms with Gasteiger partial charge in [0.2, 0.25) is 0 Å². The number of aliphatic carboxylic acids is 1. The summed E-state index contributed by atoms with van der Waals surface area (Å²) >= 11 is 1.17. The molecule has 0 amide bonds. The highest BCUT2D eigenvalue weighted by atomic mass is 32.2. The van der Waals surface area contributed by atoms with Gasteiger partial charge in [0.05, 0.1) is 17.5 Å². The van der Waals surface area contributed by atoms with Crippen molar-refractivity contribution in [1.82, 2.24) is 19.9 Å². The van der Waals surface area contributed by atoms with Crippen molar-refractivity contribution in [3.8, 4) is 0 Å². The molecular formula is C13H18N4O3S. The monoisotopic (exact) mass is 310 g/mol. The van der Waals surface area contributed by atoms with Gasteiger partial charge in [-0.25, -0.2) is 0 Å². The van der Waals surface area contributed by atoms with Gasteiger partial charge in [-0.15, -0.1) is 10.2 Å². The first-order valence-corrected chi connectivity index (χ1v) is 7.65. The van der Waals surface area contributed by atoms with Crippen LogP contribution in [0.25, 0.3) is 0 Å². The van der Waals surface area contributed by atoms with Crippen LogP contribution in [0.5, 0.6) is 0 Å². The van der Waals surface area contributed by atoms with Crippen LogP contribution in [0.1, 0.15) is 42.7 Å². The molecule has 1 unspecified atom stereocenters. The number of hydrogen-bond acceptors (Lipinski definition) is 6. The zero-order chi connectivity index (χ0) is 15.6. The molecular weight excluding hydrogens is 292 g/mol. The first-order valence-electron chi connectivity index (χ1n) is 6.66. The van der Waals surface area contributed by atoms with Crippen LogP contribution in [0.3, 0.4) is 0 Å². The van der Waals surface area contributed by atoms with Crippen molar-refractivity contribution in [3.63, 3.8) is 0 Å². The Morgan fingerprint density at radius 3 is 2.67 bits per heavy atom. The van der Waals surface area contributed by atoms with Crippen molar-refractivity contribution in [2.75, 3.05) is 5.75 Å². The van der Waals surface area contributed by atoms with E-state index >= 15 is 0 Å². The lowest BCUT2D eigenvalue weighted by Gasteiger charge is -2.17. The maximum absolute atomic E-state index is 10.8. The van der Waals surface area contributed by atoms with E-state index in [9.17, 15) is 4.79 Å². The summed E-state index contributed by atoms with van der Waals surface area (Å²) < 4.78 is 7.18. The van der Waals surface area contributed by atoms with Crippen molar-refractivity contribution in [2.24, 2.45) is 0 Å². The third kappa shape index (κ3) is 3.10. The van der Waals surface area contributed by atoms with Crippen LogP contribution in [0.4, 0.5) is 0 Å². The van der Waals surface area contributed by atoms with Gasteiger partial charge in [-0.2, -0.15) is 0 Å². The molecule has 2 rings (SSSR count). The largest absolute Gasteiger partial charge is 0.481 e. The van der Waals surface area contributed by atoms with Crippen molar-refractivity contribution < 1.29 is 14.4 Å². The van der Waals surface area contributed by atoms with Crippen LogP contribution in [0.2, 0.25) is 0 Å². The Bertz CT molecular complexity index is 630. The average Bonchev–Trinajstić information content (AvgIpc) is 2.99. The first-order chi connectivity index (χ1) is 9.95. The normalized spacial score (nSPS) is 12.6. The minimum Gasteiger partial charge on any atom is -0.481 e. The molecule has 0 fully saturated rings. The fourth-order valence-electron chi connectivity index (χ4n) is 2.38. The van der Waals surface area contributed by atoms with Gasteiger partial charge >= 0.3 is 5.97 Å². The number of hydrogen-bond donors (Lipinski definition) is 1. The van der Waals surface area contributed by atoms with Gasteiger partial charge in [0.1, 0.15) is 11.6 Å². The van der Waals surface area contributed by atoms with Crippen LogP contribution in [-0.4, -0.2) is 36.7 Å². The third-order valence-corrected chi connectivity index (χ3v) is 4.20. The molecule has 1 atom stereocenters. The number of aryl methyl sites for hydroxylation is 3. The lowest BCUT2D eigenvalue weighted by atomic mass is 10.1. The van der Waals surface area contributed by atoms with Gasteiger partial charge in [-0.05, 0) is 20.8 Å². The Morgan fingerprint density at radius 2 is 2.14 bits per heavy atom. The van der Waals surface area contributed by atoms with Crippen molar-refractivity contribution in [2.45, 2.75) is 45.3 Å². The Morgan fingerprint density at radius 1 is 1.43 bits per heavy atom. The second kappa shape index (κ2) is 6.30. The maximum atomic E-state index is 10.8. The maximum Gasteiger partial charge on any atom is 0.313 e. The molecule has 0 aliphatic heterocycles. The van der Waals surface area contributed by atoms with Gasteiger partial charge in [0, 0.05) is 12.0 Å². The van der Waals surface area contributed by atoms with E-state index in [1.54, 1.807) is 0 Å². The van der Waals surface area contributed by atoms with Crippen LogP contribution in [0.15, 0.2) is 9.68 Å². The minimum atomic E-state index is -0.877. The zero-order valence-corrected chi connectivity index (χ0v) is 13.3. The summed E-state index contributed by atoms with van der Waals surface area (Å²) in [5.74, 6) is 0.647. The molecule has 2 heterocycles. The Kier molecular flexibility index (Phi) is 4.66. The molecule has 2 aromatic rings. The SMILES string of the molecule is CCc1nnc(SCC(=O)O)n1C(C)c1c(C)noc1C. The second-order valence-corrected chi connectivity index (χ2v) is 5.66. The smallest absolute Gasteiger partial charge is 0.313 e. The summed E-state index contributed by atoms with van der Waals surface area (Å²) in [5, 5.41) is 21.7. The highest BCUT2D eigenvalue weighted by molar-refractivity contribution is 7.99. The summed E-state index contributed by atoms with van der Waals surface area (Å²) in [5.41, 5.74) is 1.81. The van der Waals surface area contributed by atoms with Crippen LogP contribution < -0.4 is 0 Å². The molecule has 2 aromatic heterocycles. The number of nitrogens with zero attached hydrogens (tertiary/aromatic N) is 4. The molecule has 0 bridgehead atoms. The van der Waals surface area contributed by atoms with E-state index in [-0.39, 0.29) is 11.8 Å². The van der Waals surface area contributed by atoms with E-state index in [1.165, 1.54) is 11.8 Å². The van der Waals surface area contributed by atoms with Gasteiger partial charge in [-0.3, -0.25) is 9.36 Å². The Balaban J connectivity index is 2.41. The summed E-state index contributed by atoms with van der Waals surface area (Å²) in [6.45, 7) is 7.76. The van der Waals surface area contributed by atoms with Gasteiger partial charge in [-0.1, -0.05) is 23.8 Å². The molecule has 0 radical (unpaired) electrons. The molecule has 0 saturated heterocycles. The lowest BCUT2D eigenvalue weighted by Crippen LogP contribution is -2.13. The van der Waals surface area contributed by atoms with Crippen LogP contribution in [-0.2, 0) is 11.2 Å². The molecule has 0 aliphatic rings. The van der Waals surface area contributed by atoms with Crippen LogP contribution >= 0.6 is 11.8 Å². The summed E-state index contributed by atoms with van der Waals surface area (Å²) in [6, 6.07) is -0.0579. The standard InChI is InChI=1S/C13H18N4O3S/c1-5-10-14-15-13(21-6-11(18)19)17(10)8(3)12-7(2)16-20-9(12)4/h8H,5-6H2,1-4H3,(H,18,19). The summed E-state index contributed by atoms with van der Waals surface area (Å²) in [6.07, 6.45) is 0.717. The number of carboxylic acid groups (broad SMARTS) is 1. The summed E-state index contributed by atoms with van der Waals surface area (Å²) in [7, 11) is 0. The molecule has 0 aromatic carbocycles. The minimum absolute atomic E-state index is 0.0455. The number of carboxylic acids is 1. The van der Waals surface area contributed by atoms with E-state index in [0.29, 0.717) is 11.6 Å². The fraction of sp³-hybridized carbons (Fsp3) is 0.538. The van der Waals surface area contributed by atoms with E-state index in [1.807, 2.05) is 32.3 Å². The number of rotatable bonds is 6. The second-order valence-electron chi connectivity index (χ2n) is 4.72. The van der Waals surface area contributed by atoms with Crippen molar-refractivity contribution in [3.05, 3.63) is 22.8 Å². The van der Waals surface area contributed by atoms with Gasteiger partial charge in [0.15, 0.2) is 5.16 Å².